The van der Waals surface area contributed by atoms with E-state index in [0.29, 0.717) is 11.2 Å². The molecule has 0 aliphatic rings. The van der Waals surface area contributed by atoms with E-state index in [2.05, 4.69) is 29.9 Å². The Morgan fingerprint density at radius 2 is 1.43 bits per heavy atom. The number of H-pyrrole nitrogens is 1. The van der Waals surface area contributed by atoms with E-state index >= 15 is 0 Å². The molecule has 0 atom stereocenters. The van der Waals surface area contributed by atoms with Gasteiger partial charge < -0.3 is 19.0 Å². The van der Waals surface area contributed by atoms with Crippen LogP contribution in [0.3, 0.4) is 0 Å². The van der Waals surface area contributed by atoms with Crippen LogP contribution in [0.2, 0.25) is 0 Å². The first-order valence-electron chi connectivity index (χ1n) is 10.1. The summed E-state index contributed by atoms with van der Waals surface area (Å²) in [7, 11) is 7.45. The third kappa shape index (κ3) is 6.36. The molecule has 0 amide bonds. The van der Waals surface area contributed by atoms with Crippen LogP contribution in [0, 0.1) is 0 Å². The van der Waals surface area contributed by atoms with Gasteiger partial charge in [-0.2, -0.15) is 0 Å². The Bertz CT molecular complexity index is 1050. The van der Waals surface area contributed by atoms with Crippen molar-refractivity contribution in [2.75, 3.05) is 19.0 Å². The first-order valence-corrected chi connectivity index (χ1v) is 10.1. The summed E-state index contributed by atoms with van der Waals surface area (Å²) in [6, 6.07) is 0. The number of aromatic amines is 1. The fourth-order valence-corrected chi connectivity index (χ4v) is 2.17. The van der Waals surface area contributed by atoms with Crippen LogP contribution < -0.4 is 10.5 Å². The monoisotopic (exact) mass is 417 g/mol. The molecule has 0 saturated heterocycles. The summed E-state index contributed by atoms with van der Waals surface area (Å²) in [5.41, 5.74) is 2.52. The van der Waals surface area contributed by atoms with E-state index in [1.165, 1.54) is 17.2 Å². The van der Waals surface area contributed by atoms with Gasteiger partial charge in [0.05, 0.1) is 19.0 Å². The number of fused-ring (bicyclic) bond motifs is 2. The maximum atomic E-state index is 11.2. The van der Waals surface area contributed by atoms with Crippen molar-refractivity contribution in [2.24, 2.45) is 14.1 Å². The average molecular weight is 418 g/mol. The van der Waals surface area contributed by atoms with Gasteiger partial charge in [-0.05, 0) is 0 Å². The van der Waals surface area contributed by atoms with Gasteiger partial charge in [-0.25, -0.2) is 24.9 Å². The van der Waals surface area contributed by atoms with Crippen LogP contribution >= 0.6 is 0 Å². The third-order valence-corrected chi connectivity index (χ3v) is 3.41. The number of imidazole rings is 2. The second-order valence-corrected chi connectivity index (χ2v) is 5.38. The predicted molar refractivity (Wildman–Crippen MR) is 124 cm³/mol. The van der Waals surface area contributed by atoms with E-state index < -0.39 is 0 Å². The van der Waals surface area contributed by atoms with E-state index in [0.717, 1.165) is 17.0 Å². The molecule has 0 spiro atoms. The van der Waals surface area contributed by atoms with Crippen molar-refractivity contribution in [3.8, 4) is 0 Å². The van der Waals surface area contributed by atoms with E-state index in [9.17, 15) is 4.79 Å². The number of nitrogens with one attached hydrogen (secondary N) is 1. The molecular weight excluding hydrogens is 382 g/mol. The summed E-state index contributed by atoms with van der Waals surface area (Å²) in [5.74, 6) is 0.852. The molecule has 0 aromatic carbocycles. The van der Waals surface area contributed by atoms with Crippen molar-refractivity contribution >= 4 is 28.1 Å². The van der Waals surface area contributed by atoms with Crippen molar-refractivity contribution in [3.05, 3.63) is 35.7 Å². The van der Waals surface area contributed by atoms with Gasteiger partial charge in [0.25, 0.3) is 5.56 Å². The molecule has 0 aliphatic carbocycles. The van der Waals surface area contributed by atoms with Crippen molar-refractivity contribution < 1.29 is 0 Å². The normalized spacial score (nSPS) is 9.13. The van der Waals surface area contributed by atoms with Crippen LogP contribution in [0.4, 0.5) is 5.82 Å². The molecule has 0 radical (unpaired) electrons. The summed E-state index contributed by atoms with van der Waals surface area (Å²) < 4.78 is 3.28. The van der Waals surface area contributed by atoms with Gasteiger partial charge in [-0.3, -0.25) is 4.79 Å². The second-order valence-electron chi connectivity index (χ2n) is 5.38. The maximum absolute atomic E-state index is 11.2. The Labute approximate surface area is 178 Å². The molecule has 0 saturated carbocycles. The molecule has 0 bridgehead atoms. The molecular formula is C20H35N9O. The zero-order valence-corrected chi connectivity index (χ0v) is 19.8. The molecule has 0 fully saturated rings. The molecule has 10 nitrogen and oxygen atoms in total. The number of nitrogens with zero attached hydrogens (tertiary/aromatic N) is 8. The van der Waals surface area contributed by atoms with Crippen LogP contribution in [0.25, 0.3) is 22.3 Å². The minimum absolute atomic E-state index is 0.104. The smallest absolute Gasteiger partial charge is 0.279 e. The zero-order chi connectivity index (χ0) is 23.3. The summed E-state index contributed by atoms with van der Waals surface area (Å²) >= 11 is 0. The van der Waals surface area contributed by atoms with Crippen LogP contribution in [0.15, 0.2) is 30.1 Å². The lowest BCUT2D eigenvalue weighted by Gasteiger charge is -2.10. The highest BCUT2D eigenvalue weighted by Gasteiger charge is 2.08. The maximum Gasteiger partial charge on any atom is 0.279 e. The van der Waals surface area contributed by atoms with Crippen molar-refractivity contribution in [3.63, 3.8) is 0 Å². The lowest BCUT2D eigenvalue weighted by molar-refractivity contribution is 0.839. The Morgan fingerprint density at radius 3 is 2.03 bits per heavy atom. The summed E-state index contributed by atoms with van der Waals surface area (Å²) in [6.07, 6.45) is 6.20. The van der Waals surface area contributed by atoms with E-state index in [4.69, 9.17) is 0 Å². The second kappa shape index (κ2) is 13.8. The number of hydrogen-bond donors (Lipinski definition) is 1. The van der Waals surface area contributed by atoms with E-state index in [-0.39, 0.29) is 5.56 Å². The van der Waals surface area contributed by atoms with Crippen molar-refractivity contribution in [1.82, 2.24) is 39.0 Å². The molecule has 166 valence electrons. The predicted octanol–water partition coefficient (Wildman–Crippen LogP) is 3.16. The largest absolute Gasteiger partial charge is 0.361 e. The molecule has 1 N–H and O–H groups in total. The van der Waals surface area contributed by atoms with Crippen molar-refractivity contribution in [2.45, 2.75) is 41.5 Å². The van der Waals surface area contributed by atoms with Gasteiger partial charge in [0, 0.05) is 28.2 Å². The first kappa shape index (κ1) is 26.7. The molecule has 30 heavy (non-hydrogen) atoms. The van der Waals surface area contributed by atoms with Gasteiger partial charge in [0.15, 0.2) is 28.1 Å². The molecule has 0 aliphatic heterocycles. The molecule has 4 rings (SSSR count). The third-order valence-electron chi connectivity index (χ3n) is 3.41. The summed E-state index contributed by atoms with van der Waals surface area (Å²) in [6.45, 7) is 12.0. The van der Waals surface area contributed by atoms with E-state index in [1.807, 2.05) is 72.2 Å². The Hall–Kier alpha value is -3.30. The fourth-order valence-electron chi connectivity index (χ4n) is 2.17. The SMILES string of the molecule is CC.CC.CC.CN(C)c1ncnc2c1ncn2C.Cn1cnc2nc[nH]c2c1=O. The standard InChI is InChI=1S/C8H11N5.C6H6N4O.3C2H6/c1-12(2)7-6-8(10-4-9-7)13(3)5-11-6;1-10-3-9-5-4(6(10)11)7-2-8-5;3*1-2/h4-5H,1-3H3;2-3H,1H3,(H,7,8);3*1-2H3. The highest BCUT2D eigenvalue weighted by Crippen LogP contribution is 2.17. The van der Waals surface area contributed by atoms with Gasteiger partial charge >= 0.3 is 0 Å². The zero-order valence-electron chi connectivity index (χ0n) is 19.8. The Balaban J connectivity index is 0.000000453. The van der Waals surface area contributed by atoms with Gasteiger partial charge in [0.2, 0.25) is 0 Å². The molecule has 4 heterocycles. The van der Waals surface area contributed by atoms with Crippen molar-refractivity contribution in [1.29, 1.82) is 0 Å². The molecule has 10 heteroatoms. The van der Waals surface area contributed by atoms with Crippen LogP contribution in [-0.2, 0) is 14.1 Å². The van der Waals surface area contributed by atoms with Crippen LogP contribution in [-0.4, -0.2) is 53.1 Å². The number of anilines is 1. The number of hydrogen-bond acceptors (Lipinski definition) is 7. The summed E-state index contributed by atoms with van der Waals surface area (Å²) in [5, 5.41) is 0. The number of aryl methyl sites for hydroxylation is 2. The van der Waals surface area contributed by atoms with Gasteiger partial charge in [-0.1, -0.05) is 41.5 Å². The van der Waals surface area contributed by atoms with Gasteiger partial charge in [-0.15, -0.1) is 0 Å². The number of rotatable bonds is 1. The Morgan fingerprint density at radius 1 is 0.833 bits per heavy atom. The van der Waals surface area contributed by atoms with Gasteiger partial charge in [0.1, 0.15) is 6.33 Å². The lowest BCUT2D eigenvalue weighted by atomic mass is 10.5. The van der Waals surface area contributed by atoms with Crippen LogP contribution in [0.5, 0.6) is 0 Å². The topological polar surface area (TPSA) is 110 Å². The highest BCUT2D eigenvalue weighted by molar-refractivity contribution is 5.82. The molecule has 0 unspecified atom stereocenters. The molecule has 4 aromatic rings. The fraction of sp³-hybridized carbons (Fsp3) is 0.500. The molecule has 4 aromatic heterocycles. The highest BCUT2D eigenvalue weighted by atomic mass is 16.1. The minimum atomic E-state index is -0.104. The Kier molecular flexibility index (Phi) is 12.3. The first-order chi connectivity index (χ1) is 14.5. The number of aromatic nitrogens is 8. The quantitative estimate of drug-likeness (QED) is 0.506. The van der Waals surface area contributed by atoms with E-state index in [1.54, 1.807) is 19.7 Å². The average Bonchev–Trinajstić information content (AvgIpc) is 3.43. The summed E-state index contributed by atoms with van der Waals surface area (Å²) in [4.78, 5) is 36.2. The minimum Gasteiger partial charge on any atom is -0.361 e. The van der Waals surface area contributed by atoms with Crippen LogP contribution in [0.1, 0.15) is 41.5 Å². The lowest BCUT2D eigenvalue weighted by Crippen LogP contribution is -2.16.